The molecule has 0 saturated carbocycles. The average Bonchev–Trinajstić information content (AvgIpc) is 2.48. The first-order valence-corrected chi connectivity index (χ1v) is 5.70. The zero-order valence-corrected chi connectivity index (χ0v) is 9.21. The maximum Gasteiger partial charge on any atom is 0.0710 e. The smallest absolute Gasteiger partial charge is 0.0710 e. The van der Waals surface area contributed by atoms with Crippen molar-refractivity contribution in [3.63, 3.8) is 0 Å². The molecule has 1 atom stereocenters. The van der Waals surface area contributed by atoms with Crippen LogP contribution in [-0.2, 0) is 4.74 Å². The zero-order valence-electron chi connectivity index (χ0n) is 7.05. The summed E-state index contributed by atoms with van der Waals surface area (Å²) in [7, 11) is 1.81. The zero-order chi connectivity index (χ0) is 8.10. The van der Waals surface area contributed by atoms with E-state index in [-0.39, 0.29) is 0 Å². The number of nitrogens with zero attached hydrogens (tertiary/aromatic N) is 1. The molecule has 0 aliphatic carbocycles. The van der Waals surface area contributed by atoms with Gasteiger partial charge in [0.1, 0.15) is 0 Å². The molecule has 1 aliphatic heterocycles. The van der Waals surface area contributed by atoms with Crippen LogP contribution in [0.3, 0.4) is 0 Å². The van der Waals surface area contributed by atoms with Gasteiger partial charge in [0.2, 0.25) is 0 Å². The molecule has 1 fully saturated rings. The van der Waals surface area contributed by atoms with Crippen molar-refractivity contribution in [2.45, 2.75) is 18.9 Å². The van der Waals surface area contributed by atoms with Crippen molar-refractivity contribution in [1.29, 1.82) is 0 Å². The van der Waals surface area contributed by atoms with Crippen molar-refractivity contribution in [3.8, 4) is 0 Å². The largest absolute Gasteiger partial charge is 0.380 e. The quantitative estimate of drug-likeness (QED) is 0.567. The fourth-order valence-corrected chi connectivity index (χ4v) is 1.82. The maximum absolute atomic E-state index is 5.28. The Hall–Kier alpha value is 0.650. The van der Waals surface area contributed by atoms with Gasteiger partial charge in [0, 0.05) is 24.6 Å². The maximum atomic E-state index is 5.28. The standard InChI is InChI=1S/C8H16INO/c1-11-8-3-6-10(7-8)5-2-4-9/h8H,2-7H2,1H3/t8-/m0/s1. The van der Waals surface area contributed by atoms with E-state index in [1.165, 1.54) is 30.4 Å². The molecule has 0 N–H and O–H groups in total. The first-order valence-electron chi connectivity index (χ1n) is 4.18. The Kier molecular flexibility index (Phi) is 4.71. The third-order valence-electron chi connectivity index (χ3n) is 2.17. The summed E-state index contributed by atoms with van der Waals surface area (Å²) in [6.07, 6.45) is 3.04. The molecular formula is C8H16INO. The summed E-state index contributed by atoms with van der Waals surface area (Å²) in [5.74, 6) is 0. The van der Waals surface area contributed by atoms with Gasteiger partial charge in [-0.25, -0.2) is 0 Å². The second-order valence-corrected chi connectivity index (χ2v) is 4.07. The molecule has 1 aliphatic rings. The van der Waals surface area contributed by atoms with Crippen LogP contribution < -0.4 is 0 Å². The molecule has 0 spiro atoms. The summed E-state index contributed by atoms with van der Waals surface area (Å²) in [6.45, 7) is 3.63. The Labute approximate surface area is 82.4 Å². The van der Waals surface area contributed by atoms with Crippen LogP contribution in [0.2, 0.25) is 0 Å². The van der Waals surface area contributed by atoms with Gasteiger partial charge in [0.15, 0.2) is 0 Å². The second-order valence-electron chi connectivity index (χ2n) is 2.99. The van der Waals surface area contributed by atoms with E-state index in [0.29, 0.717) is 6.10 Å². The number of rotatable bonds is 4. The molecule has 3 heteroatoms. The highest BCUT2D eigenvalue weighted by atomic mass is 127. The van der Waals surface area contributed by atoms with Crippen LogP contribution in [0.1, 0.15) is 12.8 Å². The van der Waals surface area contributed by atoms with Crippen molar-refractivity contribution in [3.05, 3.63) is 0 Å². The summed E-state index contributed by atoms with van der Waals surface area (Å²) < 4.78 is 6.55. The lowest BCUT2D eigenvalue weighted by atomic mass is 10.3. The van der Waals surface area contributed by atoms with Crippen molar-refractivity contribution < 1.29 is 4.74 Å². The van der Waals surface area contributed by atoms with E-state index in [4.69, 9.17) is 4.74 Å². The van der Waals surface area contributed by atoms with E-state index in [9.17, 15) is 0 Å². The second kappa shape index (κ2) is 5.32. The minimum Gasteiger partial charge on any atom is -0.380 e. The third-order valence-corrected chi connectivity index (χ3v) is 2.93. The van der Waals surface area contributed by atoms with E-state index < -0.39 is 0 Å². The van der Waals surface area contributed by atoms with Gasteiger partial charge < -0.3 is 9.64 Å². The lowest BCUT2D eigenvalue weighted by Gasteiger charge is -2.13. The van der Waals surface area contributed by atoms with Crippen LogP contribution in [0.15, 0.2) is 0 Å². The van der Waals surface area contributed by atoms with Gasteiger partial charge in [-0.2, -0.15) is 0 Å². The van der Waals surface area contributed by atoms with Crippen molar-refractivity contribution in [1.82, 2.24) is 4.90 Å². The molecule has 0 bridgehead atoms. The van der Waals surface area contributed by atoms with Gasteiger partial charge >= 0.3 is 0 Å². The van der Waals surface area contributed by atoms with Gasteiger partial charge in [-0.15, -0.1) is 0 Å². The number of hydrogen-bond acceptors (Lipinski definition) is 2. The molecule has 11 heavy (non-hydrogen) atoms. The van der Waals surface area contributed by atoms with Gasteiger partial charge in [-0.3, -0.25) is 0 Å². The van der Waals surface area contributed by atoms with Crippen LogP contribution in [-0.4, -0.2) is 42.2 Å². The Balaban J connectivity index is 2.09. The number of alkyl halides is 1. The van der Waals surface area contributed by atoms with E-state index in [1.54, 1.807) is 0 Å². The van der Waals surface area contributed by atoms with E-state index in [1.807, 2.05) is 7.11 Å². The van der Waals surface area contributed by atoms with Gasteiger partial charge in [0.05, 0.1) is 6.10 Å². The molecular weight excluding hydrogens is 253 g/mol. The molecule has 0 aromatic carbocycles. The molecule has 2 nitrogen and oxygen atoms in total. The molecule has 1 heterocycles. The SMILES string of the molecule is CO[C@H]1CCN(CCCI)C1. The number of halogens is 1. The van der Waals surface area contributed by atoms with Gasteiger partial charge in [-0.05, 0) is 19.4 Å². The van der Waals surface area contributed by atoms with E-state index >= 15 is 0 Å². The van der Waals surface area contributed by atoms with Crippen LogP contribution in [0, 0.1) is 0 Å². The fraction of sp³-hybridized carbons (Fsp3) is 1.00. The molecule has 0 aromatic rings. The molecule has 0 radical (unpaired) electrons. The Morgan fingerprint density at radius 1 is 1.64 bits per heavy atom. The van der Waals surface area contributed by atoms with Crippen molar-refractivity contribution in [2.75, 3.05) is 31.2 Å². The van der Waals surface area contributed by atoms with Gasteiger partial charge in [-0.1, -0.05) is 22.6 Å². The average molecular weight is 269 g/mol. The number of likely N-dealkylation sites (tertiary alicyclic amines) is 1. The highest BCUT2D eigenvalue weighted by Crippen LogP contribution is 2.11. The summed E-state index contributed by atoms with van der Waals surface area (Å²) in [6, 6.07) is 0. The third kappa shape index (κ3) is 3.25. The minimum absolute atomic E-state index is 0.504. The number of methoxy groups -OCH3 is 1. The first-order chi connectivity index (χ1) is 5.36. The fourth-order valence-electron chi connectivity index (χ4n) is 1.48. The molecule has 1 saturated heterocycles. The molecule has 0 amide bonds. The number of hydrogen-bond donors (Lipinski definition) is 0. The summed E-state index contributed by atoms with van der Waals surface area (Å²) in [4.78, 5) is 2.49. The Bertz CT molecular complexity index is 110. The van der Waals surface area contributed by atoms with Crippen molar-refractivity contribution in [2.24, 2.45) is 0 Å². The van der Waals surface area contributed by atoms with Crippen LogP contribution in [0.5, 0.6) is 0 Å². The molecule has 1 rings (SSSR count). The Morgan fingerprint density at radius 3 is 3.00 bits per heavy atom. The topological polar surface area (TPSA) is 12.5 Å². The van der Waals surface area contributed by atoms with Crippen LogP contribution in [0.4, 0.5) is 0 Å². The normalized spacial score (nSPS) is 26.2. The molecule has 0 unspecified atom stereocenters. The predicted octanol–water partition coefficient (Wildman–Crippen LogP) is 1.53. The molecule has 0 aromatic heterocycles. The van der Waals surface area contributed by atoms with Crippen LogP contribution >= 0.6 is 22.6 Å². The highest BCUT2D eigenvalue weighted by molar-refractivity contribution is 14.1. The molecule has 66 valence electrons. The van der Waals surface area contributed by atoms with Crippen molar-refractivity contribution >= 4 is 22.6 Å². The summed E-state index contributed by atoms with van der Waals surface area (Å²) >= 11 is 2.43. The van der Waals surface area contributed by atoms with E-state index in [2.05, 4.69) is 27.5 Å². The summed E-state index contributed by atoms with van der Waals surface area (Å²) in [5, 5.41) is 0. The Morgan fingerprint density at radius 2 is 2.45 bits per heavy atom. The predicted molar refractivity (Wildman–Crippen MR) is 55.4 cm³/mol. The lowest BCUT2D eigenvalue weighted by molar-refractivity contribution is 0.108. The minimum atomic E-state index is 0.504. The highest BCUT2D eigenvalue weighted by Gasteiger charge is 2.20. The first kappa shape index (κ1) is 9.74. The van der Waals surface area contributed by atoms with Gasteiger partial charge in [0.25, 0.3) is 0 Å². The monoisotopic (exact) mass is 269 g/mol. The van der Waals surface area contributed by atoms with E-state index in [0.717, 1.165) is 6.54 Å². The number of ether oxygens (including phenoxy) is 1. The lowest BCUT2D eigenvalue weighted by Crippen LogP contribution is -2.24. The summed E-state index contributed by atoms with van der Waals surface area (Å²) in [5.41, 5.74) is 0. The van der Waals surface area contributed by atoms with Crippen LogP contribution in [0.25, 0.3) is 0 Å².